The van der Waals surface area contributed by atoms with Gasteiger partial charge in [-0.3, -0.25) is 4.79 Å². The van der Waals surface area contributed by atoms with Gasteiger partial charge in [0.2, 0.25) is 5.91 Å². The second-order valence-electron chi connectivity index (χ2n) is 3.81. The van der Waals surface area contributed by atoms with Crippen LogP contribution in [0.2, 0.25) is 5.02 Å². The Morgan fingerprint density at radius 2 is 2.05 bits per heavy atom. The van der Waals surface area contributed by atoms with Crippen LogP contribution in [0, 0.1) is 18.2 Å². The lowest BCUT2D eigenvalue weighted by molar-refractivity contribution is -0.118. The number of benzene rings is 1. The van der Waals surface area contributed by atoms with Crippen LogP contribution < -0.4 is 5.32 Å². The first-order valence-electron chi connectivity index (χ1n) is 5.34. The van der Waals surface area contributed by atoms with E-state index in [4.69, 9.17) is 23.1 Å². The van der Waals surface area contributed by atoms with Crippen molar-refractivity contribution in [3.8, 4) is 12.3 Å². The van der Waals surface area contributed by atoms with Gasteiger partial charge in [0.1, 0.15) is 11.6 Å². The number of carboxylic acid groups (broad SMARTS) is 1. The van der Waals surface area contributed by atoms with Crippen molar-refractivity contribution < 1.29 is 27.5 Å². The van der Waals surface area contributed by atoms with Crippen molar-refractivity contribution in [2.45, 2.75) is 4.90 Å². The van der Waals surface area contributed by atoms with Gasteiger partial charge in [-0.25, -0.2) is 17.6 Å². The van der Waals surface area contributed by atoms with Crippen molar-refractivity contribution in [1.29, 1.82) is 0 Å². The van der Waals surface area contributed by atoms with Crippen LogP contribution in [0.15, 0.2) is 17.0 Å². The summed E-state index contributed by atoms with van der Waals surface area (Å²) in [5.74, 6) is -2.60. The molecule has 0 bridgehead atoms. The van der Waals surface area contributed by atoms with Crippen molar-refractivity contribution in [3.05, 3.63) is 28.5 Å². The summed E-state index contributed by atoms with van der Waals surface area (Å²) in [6, 6.07) is 1.25. The van der Waals surface area contributed by atoms with Crippen molar-refractivity contribution >= 4 is 33.3 Å². The monoisotopic (exact) mass is 333 g/mol. The number of sulfone groups is 1. The molecule has 112 valence electrons. The fourth-order valence-corrected chi connectivity index (χ4v) is 2.74. The maximum atomic E-state index is 13.5. The lowest BCUT2D eigenvalue weighted by Crippen LogP contribution is -2.30. The third-order valence-electron chi connectivity index (χ3n) is 2.30. The van der Waals surface area contributed by atoms with Gasteiger partial charge >= 0.3 is 5.97 Å². The van der Waals surface area contributed by atoms with Gasteiger partial charge in [0.25, 0.3) is 0 Å². The number of carbonyl (C=O) groups excluding carboxylic acids is 1. The van der Waals surface area contributed by atoms with Crippen LogP contribution in [0.1, 0.15) is 10.4 Å². The van der Waals surface area contributed by atoms with Gasteiger partial charge in [0.15, 0.2) is 9.84 Å². The van der Waals surface area contributed by atoms with Crippen LogP contribution >= 0.6 is 11.6 Å². The predicted molar refractivity (Wildman–Crippen MR) is 72.3 cm³/mol. The van der Waals surface area contributed by atoms with E-state index in [9.17, 15) is 22.4 Å². The van der Waals surface area contributed by atoms with Crippen LogP contribution in [-0.2, 0) is 14.6 Å². The van der Waals surface area contributed by atoms with Gasteiger partial charge in [-0.15, -0.1) is 6.42 Å². The van der Waals surface area contributed by atoms with Crippen LogP contribution in [0.4, 0.5) is 4.39 Å². The topological polar surface area (TPSA) is 101 Å². The number of hydrogen-bond donors (Lipinski definition) is 2. The van der Waals surface area contributed by atoms with E-state index in [1.54, 1.807) is 0 Å². The van der Waals surface area contributed by atoms with E-state index >= 15 is 0 Å². The van der Waals surface area contributed by atoms with Crippen molar-refractivity contribution in [2.75, 3.05) is 12.3 Å². The number of hydrogen-bond acceptors (Lipinski definition) is 4. The standard InChI is InChI=1S/C12H9ClFNO5S/c1-2-3-15-10(16)6-21(19,20)7-4-8(12(17)18)11(13)9(14)5-7/h1,4-5H,3,6H2,(H,15,16)(H,17,18). The van der Waals surface area contributed by atoms with Gasteiger partial charge < -0.3 is 10.4 Å². The average Bonchev–Trinajstić information content (AvgIpc) is 2.38. The second kappa shape index (κ2) is 6.56. The highest BCUT2D eigenvalue weighted by molar-refractivity contribution is 7.92. The summed E-state index contributed by atoms with van der Waals surface area (Å²) < 4.78 is 37.3. The first kappa shape index (κ1) is 16.9. The number of halogens is 2. The fraction of sp³-hybridized carbons (Fsp3) is 0.167. The molecule has 6 nitrogen and oxygen atoms in total. The normalized spacial score (nSPS) is 10.7. The minimum absolute atomic E-state index is 0.163. The number of rotatable bonds is 5. The van der Waals surface area contributed by atoms with Crippen molar-refractivity contribution in [3.63, 3.8) is 0 Å². The second-order valence-corrected chi connectivity index (χ2v) is 6.18. The van der Waals surface area contributed by atoms with E-state index in [0.717, 1.165) is 0 Å². The molecule has 0 aromatic heterocycles. The van der Waals surface area contributed by atoms with Gasteiger partial charge in [-0.05, 0) is 12.1 Å². The summed E-state index contributed by atoms with van der Waals surface area (Å²) in [5.41, 5.74) is -0.709. The molecule has 0 fully saturated rings. The number of nitrogens with one attached hydrogen (secondary N) is 1. The highest BCUT2D eigenvalue weighted by atomic mass is 35.5. The van der Waals surface area contributed by atoms with Crippen molar-refractivity contribution in [2.24, 2.45) is 0 Å². The van der Waals surface area contributed by atoms with Gasteiger partial charge in [0.05, 0.1) is 22.0 Å². The fourth-order valence-electron chi connectivity index (χ4n) is 1.36. The molecule has 1 amide bonds. The molecule has 0 aliphatic carbocycles. The quantitative estimate of drug-likeness (QED) is 0.773. The van der Waals surface area contributed by atoms with Crippen LogP contribution in [-0.4, -0.2) is 37.7 Å². The number of terminal acetylenes is 1. The summed E-state index contributed by atoms with van der Waals surface area (Å²) in [7, 11) is -4.23. The lowest BCUT2D eigenvalue weighted by atomic mass is 10.2. The number of carbonyl (C=O) groups is 2. The molecule has 0 saturated heterocycles. The first-order chi connectivity index (χ1) is 9.69. The minimum atomic E-state index is -4.23. The van der Waals surface area contributed by atoms with Crippen LogP contribution in [0.5, 0.6) is 0 Å². The SMILES string of the molecule is C#CCNC(=O)CS(=O)(=O)c1cc(F)c(Cl)c(C(=O)O)c1. The Kier molecular flexibility index (Phi) is 5.29. The molecular weight excluding hydrogens is 325 g/mol. The maximum Gasteiger partial charge on any atom is 0.337 e. The van der Waals surface area contributed by atoms with Gasteiger partial charge in [0, 0.05) is 0 Å². The average molecular weight is 334 g/mol. The molecule has 21 heavy (non-hydrogen) atoms. The Labute approximate surface area is 124 Å². The zero-order chi connectivity index (χ0) is 16.2. The Balaban J connectivity index is 3.18. The Bertz CT molecular complexity index is 739. The molecule has 0 unspecified atom stereocenters. The van der Waals surface area contributed by atoms with Crippen LogP contribution in [0.25, 0.3) is 0 Å². The number of aromatic carboxylic acids is 1. The van der Waals surface area contributed by atoms with E-state index in [1.165, 1.54) is 0 Å². The molecule has 0 atom stereocenters. The third kappa shape index (κ3) is 4.18. The smallest absolute Gasteiger partial charge is 0.337 e. The molecule has 1 aromatic carbocycles. The Hall–Kier alpha value is -2.11. The summed E-state index contributed by atoms with van der Waals surface area (Å²) in [6.07, 6.45) is 4.90. The molecule has 9 heteroatoms. The first-order valence-corrected chi connectivity index (χ1v) is 7.37. The molecule has 0 heterocycles. The molecule has 1 aromatic rings. The summed E-state index contributed by atoms with van der Waals surface area (Å²) >= 11 is 5.43. The lowest BCUT2D eigenvalue weighted by Gasteiger charge is -2.07. The highest BCUT2D eigenvalue weighted by Gasteiger charge is 2.24. The molecular formula is C12H9ClFNO5S. The zero-order valence-corrected chi connectivity index (χ0v) is 12.0. The van der Waals surface area contributed by atoms with E-state index in [1.807, 2.05) is 0 Å². The van der Waals surface area contributed by atoms with E-state index < -0.39 is 48.8 Å². The van der Waals surface area contributed by atoms with E-state index in [2.05, 4.69) is 11.2 Å². The van der Waals surface area contributed by atoms with E-state index in [-0.39, 0.29) is 6.54 Å². The predicted octanol–water partition coefficient (Wildman–Crippen LogP) is 0.700. The summed E-state index contributed by atoms with van der Waals surface area (Å²) in [6.45, 7) is -0.163. The Morgan fingerprint density at radius 1 is 1.43 bits per heavy atom. The maximum absolute atomic E-state index is 13.5. The molecule has 0 spiro atoms. The summed E-state index contributed by atoms with van der Waals surface area (Å²) in [4.78, 5) is 21.6. The molecule has 0 aliphatic heterocycles. The summed E-state index contributed by atoms with van der Waals surface area (Å²) in [5, 5.41) is 10.3. The zero-order valence-electron chi connectivity index (χ0n) is 10.4. The largest absolute Gasteiger partial charge is 0.478 e. The number of carboxylic acids is 1. The third-order valence-corrected chi connectivity index (χ3v) is 4.28. The molecule has 1 rings (SSSR count). The number of amides is 1. The van der Waals surface area contributed by atoms with Crippen LogP contribution in [0.3, 0.4) is 0 Å². The molecule has 0 radical (unpaired) electrons. The van der Waals surface area contributed by atoms with Gasteiger partial charge in [-0.1, -0.05) is 17.5 Å². The minimum Gasteiger partial charge on any atom is -0.478 e. The molecule has 2 N–H and O–H groups in total. The van der Waals surface area contributed by atoms with Crippen molar-refractivity contribution in [1.82, 2.24) is 5.32 Å². The molecule has 0 aliphatic rings. The van der Waals surface area contributed by atoms with Gasteiger partial charge in [-0.2, -0.15) is 0 Å². The highest BCUT2D eigenvalue weighted by Crippen LogP contribution is 2.25. The molecule has 0 saturated carbocycles. The Morgan fingerprint density at radius 3 is 2.57 bits per heavy atom. The van der Waals surface area contributed by atoms with E-state index in [0.29, 0.717) is 12.1 Å².